The van der Waals surface area contributed by atoms with Crippen LogP contribution in [0.15, 0.2) is 0 Å². The second-order valence-electron chi connectivity index (χ2n) is 10.2. The summed E-state index contributed by atoms with van der Waals surface area (Å²) in [6, 6.07) is 0. The molecule has 9 atom stereocenters. The summed E-state index contributed by atoms with van der Waals surface area (Å²) in [5.41, 5.74) is -0.845. The van der Waals surface area contributed by atoms with Crippen molar-refractivity contribution in [1.29, 1.82) is 0 Å². The van der Waals surface area contributed by atoms with Gasteiger partial charge in [0.2, 0.25) is 0 Å². The van der Waals surface area contributed by atoms with Crippen molar-refractivity contribution in [2.75, 3.05) is 19.6 Å². The molecule has 4 fully saturated rings. The second kappa shape index (κ2) is 8.35. The van der Waals surface area contributed by atoms with Gasteiger partial charge in [0.05, 0.1) is 12.0 Å². The van der Waals surface area contributed by atoms with E-state index in [1.54, 1.807) is 0 Å². The van der Waals surface area contributed by atoms with Crippen LogP contribution in [-0.4, -0.2) is 72.0 Å². The van der Waals surface area contributed by atoms with Crippen molar-refractivity contribution in [3.8, 4) is 0 Å². The van der Waals surface area contributed by atoms with E-state index in [-0.39, 0.29) is 35.8 Å². The molecule has 4 aliphatic rings. The molecule has 8 heteroatoms. The average Bonchev–Trinajstić information content (AvgIpc) is 3.31. The van der Waals surface area contributed by atoms with Gasteiger partial charge >= 0.3 is 17.9 Å². The fraction of sp³-hybridized carbons (Fsp3) is 0.870. The van der Waals surface area contributed by atoms with Crippen molar-refractivity contribution in [2.24, 2.45) is 29.1 Å². The first-order valence-corrected chi connectivity index (χ1v) is 11.6. The van der Waals surface area contributed by atoms with Crippen LogP contribution < -0.4 is 0 Å². The number of aliphatic hydroxyl groups is 1. The highest BCUT2D eigenvalue weighted by Crippen LogP contribution is 2.59. The Morgan fingerprint density at radius 1 is 1.16 bits per heavy atom. The molecule has 0 unspecified atom stereocenters. The van der Waals surface area contributed by atoms with Gasteiger partial charge in [0.1, 0.15) is 18.3 Å². The number of likely N-dealkylation sites (tertiary alicyclic amines) is 1. The van der Waals surface area contributed by atoms with Crippen LogP contribution in [0.1, 0.15) is 53.4 Å². The summed E-state index contributed by atoms with van der Waals surface area (Å²) in [6.45, 7) is 9.19. The topological polar surface area (TPSA) is 102 Å². The molecule has 2 saturated carbocycles. The molecular formula is C23H35NO7. The zero-order valence-corrected chi connectivity index (χ0v) is 18.9. The van der Waals surface area contributed by atoms with Gasteiger partial charge in [-0.05, 0) is 38.3 Å². The number of fused-ring (bicyclic) bond motifs is 2. The molecule has 4 rings (SSSR count). The number of hydrogen-bond donors (Lipinski definition) is 1. The Morgan fingerprint density at radius 3 is 2.42 bits per heavy atom. The number of nitrogens with zero attached hydrogens (tertiary/aromatic N) is 1. The third-order valence-corrected chi connectivity index (χ3v) is 8.20. The van der Waals surface area contributed by atoms with Crippen LogP contribution >= 0.6 is 0 Å². The summed E-state index contributed by atoms with van der Waals surface area (Å²) in [5.74, 6) is -2.00. The van der Waals surface area contributed by atoms with Crippen LogP contribution in [0.3, 0.4) is 0 Å². The van der Waals surface area contributed by atoms with Crippen LogP contribution in [-0.2, 0) is 28.6 Å². The Balaban J connectivity index is 1.74. The first-order valence-electron chi connectivity index (χ1n) is 11.6. The number of ether oxygens (including phenoxy) is 3. The molecule has 2 aliphatic carbocycles. The lowest BCUT2D eigenvalue weighted by Gasteiger charge is -2.44. The van der Waals surface area contributed by atoms with Gasteiger partial charge in [0.25, 0.3) is 0 Å². The maximum absolute atomic E-state index is 12.9. The molecule has 174 valence electrons. The molecular weight excluding hydrogens is 402 g/mol. The summed E-state index contributed by atoms with van der Waals surface area (Å²) in [5, 5.41) is 11.2. The molecule has 0 bridgehead atoms. The summed E-state index contributed by atoms with van der Waals surface area (Å²) in [7, 11) is 0. The zero-order chi connectivity index (χ0) is 22.5. The number of rotatable bonds is 4. The molecule has 1 N–H and O–H groups in total. The van der Waals surface area contributed by atoms with Crippen LogP contribution in [0.5, 0.6) is 0 Å². The molecule has 8 nitrogen and oxygen atoms in total. The first kappa shape index (κ1) is 22.5. The monoisotopic (exact) mass is 437 g/mol. The Hall–Kier alpha value is -1.67. The maximum Gasteiger partial charge on any atom is 0.311 e. The van der Waals surface area contributed by atoms with E-state index in [1.165, 1.54) is 13.8 Å². The van der Waals surface area contributed by atoms with E-state index in [1.807, 2.05) is 13.8 Å². The minimum absolute atomic E-state index is 0.0119. The SMILES string of the molecule is CC(=O)O[C@@H]1[C@@H]2[C@H](C[C@H](C)[C@H]3[C@H](OC(C)=O)C[C@@H](O)[C@]31C)OC(=O)[C@H]2CN1CCCC1. The van der Waals surface area contributed by atoms with E-state index < -0.39 is 35.6 Å². The van der Waals surface area contributed by atoms with Gasteiger partial charge in [-0.1, -0.05) is 13.8 Å². The third-order valence-electron chi connectivity index (χ3n) is 8.20. The molecule has 0 radical (unpaired) electrons. The summed E-state index contributed by atoms with van der Waals surface area (Å²) in [4.78, 5) is 39.2. The number of esters is 3. The minimum atomic E-state index is -0.845. The molecule has 0 aromatic carbocycles. The molecule has 0 aromatic heterocycles. The van der Waals surface area contributed by atoms with E-state index in [4.69, 9.17) is 14.2 Å². The van der Waals surface area contributed by atoms with Gasteiger partial charge in [-0.3, -0.25) is 14.4 Å². The smallest absolute Gasteiger partial charge is 0.311 e. The lowest BCUT2D eigenvalue weighted by Crippen LogP contribution is -2.53. The van der Waals surface area contributed by atoms with Crippen LogP contribution in [0, 0.1) is 29.1 Å². The molecule has 2 saturated heterocycles. The molecule has 0 spiro atoms. The molecule has 0 aromatic rings. The Kier molecular flexibility index (Phi) is 6.07. The van der Waals surface area contributed by atoms with Gasteiger partial charge in [0, 0.05) is 44.1 Å². The predicted molar refractivity (Wildman–Crippen MR) is 110 cm³/mol. The van der Waals surface area contributed by atoms with Crippen molar-refractivity contribution in [3.63, 3.8) is 0 Å². The highest BCUT2D eigenvalue weighted by atomic mass is 16.6. The molecule has 31 heavy (non-hydrogen) atoms. The lowest BCUT2D eigenvalue weighted by atomic mass is 9.66. The van der Waals surface area contributed by atoms with Crippen molar-refractivity contribution in [3.05, 3.63) is 0 Å². The van der Waals surface area contributed by atoms with E-state index in [2.05, 4.69) is 4.90 Å². The number of carbonyl (C=O) groups is 3. The van der Waals surface area contributed by atoms with Gasteiger partial charge in [0.15, 0.2) is 0 Å². The summed E-state index contributed by atoms with van der Waals surface area (Å²) >= 11 is 0. The van der Waals surface area contributed by atoms with Crippen LogP contribution in [0.2, 0.25) is 0 Å². The van der Waals surface area contributed by atoms with Crippen molar-refractivity contribution < 1.29 is 33.7 Å². The number of hydrogen-bond acceptors (Lipinski definition) is 8. The second-order valence-corrected chi connectivity index (χ2v) is 10.2. The highest BCUT2D eigenvalue weighted by molar-refractivity contribution is 5.76. The highest BCUT2D eigenvalue weighted by Gasteiger charge is 2.67. The fourth-order valence-electron chi connectivity index (χ4n) is 7.03. The number of carbonyl (C=O) groups excluding carboxylic acids is 3. The van der Waals surface area contributed by atoms with Crippen LogP contribution in [0.4, 0.5) is 0 Å². The van der Waals surface area contributed by atoms with E-state index >= 15 is 0 Å². The fourth-order valence-corrected chi connectivity index (χ4v) is 7.03. The van der Waals surface area contributed by atoms with Gasteiger partial charge in [-0.2, -0.15) is 0 Å². The van der Waals surface area contributed by atoms with Crippen molar-refractivity contribution in [1.82, 2.24) is 4.90 Å². The Labute approximate surface area is 183 Å². The first-order chi connectivity index (χ1) is 14.6. The van der Waals surface area contributed by atoms with E-state index in [9.17, 15) is 19.5 Å². The lowest BCUT2D eigenvalue weighted by molar-refractivity contribution is -0.174. The van der Waals surface area contributed by atoms with Crippen molar-refractivity contribution in [2.45, 2.75) is 77.8 Å². The van der Waals surface area contributed by atoms with Crippen LogP contribution in [0.25, 0.3) is 0 Å². The van der Waals surface area contributed by atoms with Gasteiger partial charge in [-0.25, -0.2) is 0 Å². The number of aliphatic hydroxyl groups excluding tert-OH is 1. The summed E-state index contributed by atoms with van der Waals surface area (Å²) < 4.78 is 17.4. The quantitative estimate of drug-likeness (QED) is 0.522. The van der Waals surface area contributed by atoms with E-state index in [0.717, 1.165) is 25.9 Å². The molecule has 2 heterocycles. The van der Waals surface area contributed by atoms with E-state index in [0.29, 0.717) is 19.4 Å². The minimum Gasteiger partial charge on any atom is -0.462 e. The zero-order valence-electron chi connectivity index (χ0n) is 18.9. The normalized spacial score (nSPS) is 44.9. The average molecular weight is 438 g/mol. The standard InChI is InChI=1S/C23H35NO7/c1-12-9-16-19(15(22(28)31-16)11-24-7-5-6-8-24)21(30-14(3)26)23(4)18(27)10-17(20(12)23)29-13(2)25/h12,15-21,27H,5-11H2,1-4H3/t12-,15-,16-,17+,18+,19-,20-,21+,23+/m0/s1. The Bertz CT molecular complexity index is 735. The molecule has 2 aliphatic heterocycles. The Morgan fingerprint density at radius 2 is 1.81 bits per heavy atom. The maximum atomic E-state index is 12.9. The summed E-state index contributed by atoms with van der Waals surface area (Å²) in [6.07, 6.45) is 0.756. The third kappa shape index (κ3) is 3.86. The largest absolute Gasteiger partial charge is 0.462 e. The predicted octanol–water partition coefficient (Wildman–Crippen LogP) is 1.53. The van der Waals surface area contributed by atoms with Gasteiger partial charge in [-0.15, -0.1) is 0 Å². The van der Waals surface area contributed by atoms with Gasteiger partial charge < -0.3 is 24.2 Å². The molecule has 0 amide bonds. The van der Waals surface area contributed by atoms with Crippen molar-refractivity contribution >= 4 is 17.9 Å².